The lowest BCUT2D eigenvalue weighted by Gasteiger charge is -2.45. The lowest BCUT2D eigenvalue weighted by Crippen LogP contribution is -2.60. The first-order valence-electron chi connectivity index (χ1n) is 6.08. The molecule has 0 aromatic rings. The van der Waals surface area contributed by atoms with E-state index in [9.17, 15) is 9.18 Å². The van der Waals surface area contributed by atoms with Crippen LogP contribution in [0.3, 0.4) is 0 Å². The van der Waals surface area contributed by atoms with E-state index in [0.717, 1.165) is 0 Å². The first-order valence-corrected chi connectivity index (χ1v) is 6.08. The van der Waals surface area contributed by atoms with Crippen LogP contribution < -0.4 is 0 Å². The fraction of sp³-hybridized carbons (Fsp3) is 0.917. The summed E-state index contributed by atoms with van der Waals surface area (Å²) in [5.41, 5.74) is -0.385. The van der Waals surface area contributed by atoms with Gasteiger partial charge in [-0.15, -0.1) is 0 Å². The average Bonchev–Trinajstić information content (AvgIpc) is 2.61. The van der Waals surface area contributed by atoms with E-state index in [0.29, 0.717) is 19.8 Å². The zero-order valence-corrected chi connectivity index (χ0v) is 10.6. The minimum atomic E-state index is -1.10. The van der Waals surface area contributed by atoms with Gasteiger partial charge in [0.25, 0.3) is 0 Å². The predicted octanol–water partition coefficient (Wildman–Crippen LogP) is 1.14. The van der Waals surface area contributed by atoms with Crippen LogP contribution in [0.5, 0.6) is 0 Å². The smallest absolute Gasteiger partial charge is 0.226 e. The van der Waals surface area contributed by atoms with Crippen LogP contribution in [0, 0.1) is 0 Å². The van der Waals surface area contributed by atoms with Crippen molar-refractivity contribution < 1.29 is 18.7 Å². The topological polar surface area (TPSA) is 38.8 Å². The van der Waals surface area contributed by atoms with Crippen molar-refractivity contribution in [2.75, 3.05) is 19.8 Å². The van der Waals surface area contributed by atoms with Gasteiger partial charge in [0.05, 0.1) is 31.3 Å². The number of alkyl halides is 1. The molecule has 2 saturated heterocycles. The van der Waals surface area contributed by atoms with Gasteiger partial charge in [-0.1, -0.05) is 0 Å². The highest BCUT2D eigenvalue weighted by atomic mass is 19.1. The largest absolute Gasteiger partial charge is 0.376 e. The van der Waals surface area contributed by atoms with Gasteiger partial charge in [-0.3, -0.25) is 4.79 Å². The number of halogens is 1. The van der Waals surface area contributed by atoms with Crippen molar-refractivity contribution in [1.29, 1.82) is 0 Å². The molecule has 1 unspecified atom stereocenters. The van der Waals surface area contributed by atoms with Gasteiger partial charge in [-0.05, 0) is 20.8 Å². The predicted molar refractivity (Wildman–Crippen MR) is 60.5 cm³/mol. The Morgan fingerprint density at radius 3 is 2.88 bits per heavy atom. The third-order valence-corrected chi connectivity index (χ3v) is 3.20. The summed E-state index contributed by atoms with van der Waals surface area (Å²) in [6.07, 6.45) is -1.23. The summed E-state index contributed by atoms with van der Waals surface area (Å²) in [7, 11) is 0. The molecule has 0 saturated carbocycles. The minimum absolute atomic E-state index is 0.0470. The summed E-state index contributed by atoms with van der Waals surface area (Å²) in [4.78, 5) is 13.7. The lowest BCUT2D eigenvalue weighted by molar-refractivity contribution is -0.169. The Morgan fingerprint density at radius 1 is 1.53 bits per heavy atom. The van der Waals surface area contributed by atoms with Gasteiger partial charge in [-0.25, -0.2) is 4.39 Å². The summed E-state index contributed by atoms with van der Waals surface area (Å²) in [6, 6.07) is -0.0470. The summed E-state index contributed by atoms with van der Waals surface area (Å²) in [5.74, 6) is -0.142. The summed E-state index contributed by atoms with van der Waals surface area (Å²) in [5, 5.41) is 0. The normalized spacial score (nSPS) is 33.3. The van der Waals surface area contributed by atoms with Gasteiger partial charge in [0.2, 0.25) is 5.91 Å². The minimum Gasteiger partial charge on any atom is -0.376 e. The second-order valence-corrected chi connectivity index (χ2v) is 5.53. The Bertz CT molecular complexity index is 306. The van der Waals surface area contributed by atoms with E-state index in [1.807, 2.05) is 13.8 Å². The van der Waals surface area contributed by atoms with E-state index in [4.69, 9.17) is 9.47 Å². The molecule has 2 aliphatic heterocycles. The molecule has 1 amide bonds. The molecular weight excluding hydrogens is 225 g/mol. The Labute approximate surface area is 101 Å². The van der Waals surface area contributed by atoms with E-state index in [2.05, 4.69) is 0 Å². The maximum absolute atomic E-state index is 12.9. The van der Waals surface area contributed by atoms with Crippen LogP contribution in [-0.2, 0) is 14.3 Å². The highest BCUT2D eigenvalue weighted by molar-refractivity contribution is 5.77. The monoisotopic (exact) mass is 245 g/mol. The Kier molecular flexibility index (Phi) is 3.41. The fourth-order valence-electron chi connectivity index (χ4n) is 2.53. The maximum Gasteiger partial charge on any atom is 0.226 e. The molecule has 0 aliphatic carbocycles. The molecule has 4 nitrogen and oxygen atoms in total. The number of hydrogen-bond acceptors (Lipinski definition) is 3. The number of nitrogens with zero attached hydrogens (tertiary/aromatic N) is 1. The van der Waals surface area contributed by atoms with E-state index < -0.39 is 6.17 Å². The molecule has 0 bridgehead atoms. The van der Waals surface area contributed by atoms with Crippen molar-refractivity contribution in [3.63, 3.8) is 0 Å². The van der Waals surface area contributed by atoms with Crippen LogP contribution in [-0.4, -0.2) is 54.5 Å². The van der Waals surface area contributed by atoms with E-state index in [1.165, 1.54) is 6.92 Å². The van der Waals surface area contributed by atoms with Gasteiger partial charge in [-0.2, -0.15) is 0 Å². The highest BCUT2D eigenvalue weighted by Gasteiger charge is 2.45. The van der Waals surface area contributed by atoms with Crippen LogP contribution in [0.25, 0.3) is 0 Å². The first kappa shape index (κ1) is 12.8. The zero-order valence-electron chi connectivity index (χ0n) is 10.6. The van der Waals surface area contributed by atoms with Gasteiger partial charge in [0, 0.05) is 6.54 Å². The standard InChI is InChI=1S/C12H20FNO3/c1-8(13)4-11(15)14-7-12(2,3)17-10-6-16-5-9(10)14/h8-10H,4-7H2,1-3H3/t8?,9-,10-/m1/s1. The van der Waals surface area contributed by atoms with Crippen LogP contribution in [0.4, 0.5) is 4.39 Å². The number of fused-ring (bicyclic) bond motifs is 1. The van der Waals surface area contributed by atoms with Crippen LogP contribution in [0.15, 0.2) is 0 Å². The van der Waals surface area contributed by atoms with Crippen LogP contribution in [0.1, 0.15) is 27.2 Å². The lowest BCUT2D eigenvalue weighted by atomic mass is 10.00. The van der Waals surface area contributed by atoms with Crippen molar-refractivity contribution in [2.45, 2.75) is 51.1 Å². The number of ether oxygens (including phenoxy) is 2. The molecule has 98 valence electrons. The van der Waals surface area contributed by atoms with Crippen LogP contribution >= 0.6 is 0 Å². The number of hydrogen-bond donors (Lipinski definition) is 0. The second-order valence-electron chi connectivity index (χ2n) is 5.53. The molecule has 2 fully saturated rings. The molecule has 2 rings (SSSR count). The third kappa shape index (κ3) is 2.77. The third-order valence-electron chi connectivity index (χ3n) is 3.20. The number of morpholine rings is 1. The molecule has 5 heteroatoms. The zero-order chi connectivity index (χ0) is 12.6. The molecule has 3 atom stereocenters. The molecule has 0 aromatic heterocycles. The highest BCUT2D eigenvalue weighted by Crippen LogP contribution is 2.30. The Morgan fingerprint density at radius 2 is 2.24 bits per heavy atom. The van der Waals surface area contributed by atoms with Crippen LogP contribution in [0.2, 0.25) is 0 Å². The molecule has 0 aromatic carbocycles. The van der Waals surface area contributed by atoms with Crippen molar-refractivity contribution in [1.82, 2.24) is 4.90 Å². The van der Waals surface area contributed by atoms with Crippen molar-refractivity contribution in [2.24, 2.45) is 0 Å². The van der Waals surface area contributed by atoms with Gasteiger partial charge < -0.3 is 14.4 Å². The molecular formula is C12H20FNO3. The van der Waals surface area contributed by atoms with Crippen molar-refractivity contribution >= 4 is 5.91 Å². The maximum atomic E-state index is 12.9. The summed E-state index contributed by atoms with van der Waals surface area (Å²) >= 11 is 0. The Balaban J connectivity index is 2.10. The van der Waals surface area contributed by atoms with Gasteiger partial charge >= 0.3 is 0 Å². The number of rotatable bonds is 2. The number of carbonyl (C=O) groups excluding carboxylic acids is 1. The fourth-order valence-corrected chi connectivity index (χ4v) is 2.53. The first-order chi connectivity index (χ1) is 7.89. The van der Waals surface area contributed by atoms with Crippen molar-refractivity contribution in [3.8, 4) is 0 Å². The quantitative estimate of drug-likeness (QED) is 0.732. The Hall–Kier alpha value is -0.680. The molecule has 2 heterocycles. The molecule has 0 radical (unpaired) electrons. The molecule has 0 N–H and O–H groups in total. The second kappa shape index (κ2) is 4.53. The SMILES string of the molecule is CC(F)CC(=O)N1CC(C)(C)O[C@@H]2COC[C@H]21. The number of amides is 1. The van der Waals surface area contributed by atoms with Crippen molar-refractivity contribution in [3.05, 3.63) is 0 Å². The van der Waals surface area contributed by atoms with E-state index >= 15 is 0 Å². The summed E-state index contributed by atoms with van der Waals surface area (Å²) in [6.45, 7) is 6.81. The van der Waals surface area contributed by atoms with Gasteiger partial charge in [0.1, 0.15) is 12.3 Å². The number of carbonyl (C=O) groups is 1. The summed E-state index contributed by atoms with van der Waals surface area (Å²) < 4.78 is 24.2. The molecule has 0 spiro atoms. The average molecular weight is 245 g/mol. The van der Waals surface area contributed by atoms with E-state index in [-0.39, 0.29) is 30.1 Å². The van der Waals surface area contributed by atoms with E-state index in [1.54, 1.807) is 4.90 Å². The molecule has 2 aliphatic rings. The molecule has 17 heavy (non-hydrogen) atoms. The van der Waals surface area contributed by atoms with Gasteiger partial charge in [0.15, 0.2) is 0 Å².